The van der Waals surface area contributed by atoms with Gasteiger partial charge in [-0.25, -0.2) is 4.39 Å². The van der Waals surface area contributed by atoms with Crippen LogP contribution in [0.1, 0.15) is 11.3 Å². The van der Waals surface area contributed by atoms with E-state index in [1.807, 2.05) is 30.1 Å². The molecule has 0 unspecified atom stereocenters. The van der Waals surface area contributed by atoms with Crippen molar-refractivity contribution in [2.75, 3.05) is 21.3 Å². The van der Waals surface area contributed by atoms with Crippen molar-refractivity contribution in [3.05, 3.63) is 59.9 Å². The monoisotopic (exact) mass is 357 g/mol. The summed E-state index contributed by atoms with van der Waals surface area (Å²) in [5.74, 6) is 1.21. The molecule has 0 aliphatic carbocycles. The largest absolute Gasteiger partial charge is 0.493 e. The minimum absolute atomic E-state index is 0.344. The third kappa shape index (κ3) is 4.00. The number of halogens is 1. The van der Waals surface area contributed by atoms with Gasteiger partial charge in [0.2, 0.25) is 0 Å². The van der Waals surface area contributed by atoms with Gasteiger partial charge in [-0.3, -0.25) is 9.88 Å². The molecule has 26 heavy (non-hydrogen) atoms. The van der Waals surface area contributed by atoms with Crippen LogP contribution in [-0.2, 0) is 13.1 Å². The number of hydrogen-bond donors (Lipinski definition) is 0. The van der Waals surface area contributed by atoms with Crippen LogP contribution in [0.2, 0.25) is 0 Å². The Morgan fingerprint density at radius 3 is 2.58 bits per heavy atom. The minimum atomic E-state index is -0.344. The Bertz CT molecular complexity index is 868. The van der Waals surface area contributed by atoms with Crippen LogP contribution in [0.5, 0.6) is 11.5 Å². The van der Waals surface area contributed by atoms with E-state index in [1.165, 1.54) is 20.3 Å². The van der Waals surface area contributed by atoms with Crippen LogP contribution < -0.4 is 9.47 Å². The third-order valence-electron chi connectivity index (χ3n) is 3.93. The van der Waals surface area contributed by atoms with E-state index in [9.17, 15) is 4.39 Å². The predicted octanol–water partition coefficient (Wildman–Crippen LogP) is 3.52. The van der Waals surface area contributed by atoms with Crippen molar-refractivity contribution in [3.63, 3.8) is 0 Å². The summed E-state index contributed by atoms with van der Waals surface area (Å²) in [6, 6.07) is 8.59. The summed E-state index contributed by atoms with van der Waals surface area (Å²) < 4.78 is 30.0. The standard InChI is InChI=1S/C19H20FN3O3/c1-23(11-14-7-18(24-2)19(25-3)9-16(14)20)12-15-8-17(22-26-15)13-5-4-6-21-10-13/h4-10H,11-12H2,1-3H3. The summed E-state index contributed by atoms with van der Waals surface area (Å²) in [6.45, 7) is 0.871. The SMILES string of the molecule is COc1cc(F)c(CN(C)Cc2cc(-c3cccnc3)no2)cc1OC. The highest BCUT2D eigenvalue weighted by Gasteiger charge is 2.14. The Kier molecular flexibility index (Phi) is 5.48. The van der Waals surface area contributed by atoms with Gasteiger partial charge in [0.25, 0.3) is 0 Å². The smallest absolute Gasteiger partial charge is 0.163 e. The molecule has 6 nitrogen and oxygen atoms in total. The van der Waals surface area contributed by atoms with Crippen molar-refractivity contribution in [2.45, 2.75) is 13.1 Å². The second kappa shape index (κ2) is 7.97. The van der Waals surface area contributed by atoms with Crippen molar-refractivity contribution in [2.24, 2.45) is 0 Å². The molecule has 0 saturated carbocycles. The van der Waals surface area contributed by atoms with Gasteiger partial charge in [0, 0.05) is 42.2 Å². The Morgan fingerprint density at radius 2 is 1.88 bits per heavy atom. The second-order valence-electron chi connectivity index (χ2n) is 5.89. The molecule has 0 radical (unpaired) electrons. The Labute approximate surface area is 151 Å². The molecule has 0 saturated heterocycles. The summed E-state index contributed by atoms with van der Waals surface area (Å²) in [7, 11) is 4.88. The summed E-state index contributed by atoms with van der Waals surface area (Å²) >= 11 is 0. The lowest BCUT2D eigenvalue weighted by Gasteiger charge is -2.17. The van der Waals surface area contributed by atoms with Crippen molar-refractivity contribution in [1.82, 2.24) is 15.0 Å². The zero-order valence-electron chi connectivity index (χ0n) is 14.9. The lowest BCUT2D eigenvalue weighted by atomic mass is 10.1. The molecule has 0 atom stereocenters. The molecule has 0 aliphatic heterocycles. The number of pyridine rings is 1. The van der Waals surface area contributed by atoms with Gasteiger partial charge in [-0.1, -0.05) is 5.16 Å². The quantitative estimate of drug-likeness (QED) is 0.645. The van der Waals surface area contributed by atoms with E-state index < -0.39 is 0 Å². The predicted molar refractivity (Wildman–Crippen MR) is 94.4 cm³/mol. The number of nitrogens with zero attached hydrogens (tertiary/aromatic N) is 3. The average Bonchev–Trinajstić information content (AvgIpc) is 3.12. The normalized spacial score (nSPS) is 11.0. The number of hydrogen-bond acceptors (Lipinski definition) is 6. The molecule has 3 rings (SSSR count). The highest BCUT2D eigenvalue weighted by atomic mass is 19.1. The average molecular weight is 357 g/mol. The summed E-state index contributed by atoms with van der Waals surface area (Å²) in [6.07, 6.45) is 3.43. The molecule has 0 spiro atoms. The Morgan fingerprint density at radius 1 is 1.12 bits per heavy atom. The maximum absolute atomic E-state index is 14.3. The van der Waals surface area contributed by atoms with Gasteiger partial charge in [-0.15, -0.1) is 0 Å². The molecular formula is C19H20FN3O3. The Balaban J connectivity index is 1.70. The van der Waals surface area contributed by atoms with E-state index >= 15 is 0 Å². The molecule has 7 heteroatoms. The first-order valence-electron chi connectivity index (χ1n) is 8.05. The van der Waals surface area contributed by atoms with E-state index in [4.69, 9.17) is 14.0 Å². The summed E-state index contributed by atoms with van der Waals surface area (Å²) in [4.78, 5) is 6.00. The van der Waals surface area contributed by atoms with E-state index in [-0.39, 0.29) is 5.82 Å². The number of methoxy groups -OCH3 is 2. The molecule has 136 valence electrons. The lowest BCUT2D eigenvalue weighted by Crippen LogP contribution is -2.17. The van der Waals surface area contributed by atoms with Crippen LogP contribution >= 0.6 is 0 Å². The molecule has 0 fully saturated rings. The molecule has 2 heterocycles. The number of ether oxygens (including phenoxy) is 2. The molecule has 2 aromatic heterocycles. The van der Waals surface area contributed by atoms with Gasteiger partial charge in [0.05, 0.1) is 20.8 Å². The molecule has 3 aromatic rings. The van der Waals surface area contributed by atoms with Gasteiger partial charge in [0.1, 0.15) is 11.5 Å². The van der Waals surface area contributed by atoms with Crippen molar-refractivity contribution in [3.8, 4) is 22.8 Å². The van der Waals surface area contributed by atoms with Gasteiger partial charge >= 0.3 is 0 Å². The minimum Gasteiger partial charge on any atom is -0.493 e. The van der Waals surface area contributed by atoms with Crippen LogP contribution in [0.25, 0.3) is 11.3 Å². The molecule has 0 bridgehead atoms. The fourth-order valence-electron chi connectivity index (χ4n) is 2.67. The lowest BCUT2D eigenvalue weighted by molar-refractivity contribution is 0.263. The number of benzene rings is 1. The molecule has 0 N–H and O–H groups in total. The maximum Gasteiger partial charge on any atom is 0.163 e. The fraction of sp³-hybridized carbons (Fsp3) is 0.263. The topological polar surface area (TPSA) is 60.6 Å². The van der Waals surface area contributed by atoms with E-state index in [2.05, 4.69) is 10.1 Å². The maximum atomic E-state index is 14.3. The van der Waals surface area contributed by atoms with Gasteiger partial charge in [-0.05, 0) is 25.2 Å². The Hall–Kier alpha value is -2.93. The zero-order valence-corrected chi connectivity index (χ0v) is 14.9. The van der Waals surface area contributed by atoms with Crippen LogP contribution in [0.3, 0.4) is 0 Å². The van der Waals surface area contributed by atoms with Crippen LogP contribution in [-0.4, -0.2) is 36.3 Å². The van der Waals surface area contributed by atoms with Crippen LogP contribution in [0, 0.1) is 5.82 Å². The summed E-state index contributed by atoms with van der Waals surface area (Å²) in [5, 5.41) is 4.06. The van der Waals surface area contributed by atoms with E-state index in [0.717, 1.165) is 11.3 Å². The van der Waals surface area contributed by atoms with E-state index in [0.29, 0.717) is 35.9 Å². The molecule has 0 aliphatic rings. The van der Waals surface area contributed by atoms with Crippen molar-refractivity contribution < 1.29 is 18.4 Å². The molecule has 0 amide bonds. The first-order valence-corrected chi connectivity index (χ1v) is 8.05. The molecule has 1 aromatic carbocycles. The van der Waals surface area contributed by atoms with Crippen LogP contribution in [0.4, 0.5) is 4.39 Å². The third-order valence-corrected chi connectivity index (χ3v) is 3.93. The summed E-state index contributed by atoms with van der Waals surface area (Å²) in [5.41, 5.74) is 2.12. The first-order chi connectivity index (χ1) is 12.6. The first kappa shape index (κ1) is 17.9. The zero-order chi connectivity index (χ0) is 18.5. The van der Waals surface area contributed by atoms with Gasteiger partial charge in [-0.2, -0.15) is 0 Å². The van der Waals surface area contributed by atoms with Crippen LogP contribution in [0.15, 0.2) is 47.2 Å². The van der Waals surface area contributed by atoms with E-state index in [1.54, 1.807) is 18.5 Å². The van der Waals surface area contributed by atoms with Crippen molar-refractivity contribution in [1.29, 1.82) is 0 Å². The van der Waals surface area contributed by atoms with Crippen molar-refractivity contribution >= 4 is 0 Å². The highest BCUT2D eigenvalue weighted by molar-refractivity contribution is 5.57. The number of aromatic nitrogens is 2. The van der Waals surface area contributed by atoms with Gasteiger partial charge in [0.15, 0.2) is 17.3 Å². The molecular weight excluding hydrogens is 337 g/mol. The second-order valence-corrected chi connectivity index (χ2v) is 5.89. The fourth-order valence-corrected chi connectivity index (χ4v) is 2.67. The van der Waals surface area contributed by atoms with Gasteiger partial charge < -0.3 is 14.0 Å². The number of rotatable bonds is 7. The highest BCUT2D eigenvalue weighted by Crippen LogP contribution is 2.30.